The predicted molar refractivity (Wildman–Crippen MR) is 143 cm³/mol. The van der Waals surface area contributed by atoms with Gasteiger partial charge >= 0.3 is 0 Å². The van der Waals surface area contributed by atoms with Crippen LogP contribution >= 0.6 is 11.6 Å². The Bertz CT molecular complexity index is 1070. The first kappa shape index (κ1) is 25.2. The lowest BCUT2D eigenvalue weighted by Crippen LogP contribution is -2.46. The van der Waals surface area contributed by atoms with Gasteiger partial charge in [0.05, 0.1) is 23.1 Å². The first-order chi connectivity index (χ1) is 17.5. The third-order valence-corrected chi connectivity index (χ3v) is 8.31. The monoisotopic (exact) mass is 511 g/mol. The Balaban J connectivity index is 1.12. The Morgan fingerprint density at radius 1 is 1.03 bits per heavy atom. The van der Waals surface area contributed by atoms with Crippen LogP contribution in [0.1, 0.15) is 69.9 Å². The van der Waals surface area contributed by atoms with E-state index in [-0.39, 0.29) is 11.9 Å². The zero-order chi connectivity index (χ0) is 25.1. The van der Waals surface area contributed by atoms with Crippen LogP contribution in [0.5, 0.6) is 0 Å². The van der Waals surface area contributed by atoms with Crippen LogP contribution in [0.4, 0.5) is 5.95 Å². The molecule has 0 spiro atoms. The summed E-state index contributed by atoms with van der Waals surface area (Å²) in [6.07, 6.45) is 17.3. The van der Waals surface area contributed by atoms with Crippen molar-refractivity contribution in [1.29, 1.82) is 0 Å². The van der Waals surface area contributed by atoms with E-state index in [2.05, 4.69) is 32.6 Å². The van der Waals surface area contributed by atoms with E-state index in [9.17, 15) is 4.79 Å². The lowest BCUT2D eigenvalue weighted by molar-refractivity contribution is -0.117. The SMILES string of the molecule is C=CC(=O)N[C@H]1CC[C@H](N[C@H]2CC[C@H](Nc3ncc(Cl)c(-c4cnn(C)c4CC4CC4)n3)CC2)CC1. The molecule has 3 N–H and O–H groups in total. The molecule has 0 aliphatic heterocycles. The first-order valence-electron chi connectivity index (χ1n) is 13.5. The summed E-state index contributed by atoms with van der Waals surface area (Å²) in [7, 11) is 1.99. The van der Waals surface area contributed by atoms with E-state index >= 15 is 0 Å². The van der Waals surface area contributed by atoms with Crippen molar-refractivity contribution in [2.75, 3.05) is 5.32 Å². The van der Waals surface area contributed by atoms with E-state index in [1.165, 1.54) is 24.6 Å². The molecule has 5 rings (SSSR count). The minimum atomic E-state index is -0.0619. The van der Waals surface area contributed by atoms with Crippen LogP contribution in [0.3, 0.4) is 0 Å². The maximum Gasteiger partial charge on any atom is 0.243 e. The summed E-state index contributed by atoms with van der Waals surface area (Å²) in [5, 5.41) is 15.5. The largest absolute Gasteiger partial charge is 0.351 e. The van der Waals surface area contributed by atoms with Crippen molar-refractivity contribution < 1.29 is 4.79 Å². The number of rotatable bonds is 9. The summed E-state index contributed by atoms with van der Waals surface area (Å²) < 4.78 is 1.96. The third-order valence-electron chi connectivity index (χ3n) is 8.03. The van der Waals surface area contributed by atoms with Gasteiger partial charge in [-0.05, 0) is 82.6 Å². The van der Waals surface area contributed by atoms with Gasteiger partial charge in [-0.1, -0.05) is 18.2 Å². The Morgan fingerprint density at radius 3 is 2.31 bits per heavy atom. The van der Waals surface area contributed by atoms with Crippen LogP contribution in [-0.2, 0) is 18.3 Å². The molecule has 36 heavy (non-hydrogen) atoms. The molecule has 0 aromatic carbocycles. The van der Waals surface area contributed by atoms with Crippen molar-refractivity contribution in [3.05, 3.63) is 35.8 Å². The molecular weight excluding hydrogens is 474 g/mol. The molecule has 194 valence electrons. The van der Waals surface area contributed by atoms with E-state index in [0.717, 1.165) is 75.0 Å². The normalized spacial score (nSPS) is 26.4. The van der Waals surface area contributed by atoms with Gasteiger partial charge in [-0.25, -0.2) is 9.97 Å². The second-order valence-corrected chi connectivity index (χ2v) is 11.2. The summed E-state index contributed by atoms with van der Waals surface area (Å²) in [5.41, 5.74) is 2.99. The number of nitrogens with zero attached hydrogens (tertiary/aromatic N) is 4. The molecule has 9 heteroatoms. The summed E-state index contributed by atoms with van der Waals surface area (Å²) in [4.78, 5) is 20.8. The maximum atomic E-state index is 11.5. The number of aryl methyl sites for hydroxylation is 1. The second-order valence-electron chi connectivity index (χ2n) is 10.8. The van der Waals surface area contributed by atoms with E-state index in [4.69, 9.17) is 16.6 Å². The molecule has 3 aliphatic carbocycles. The van der Waals surface area contributed by atoms with Gasteiger partial charge in [0, 0.05) is 42.5 Å². The van der Waals surface area contributed by atoms with Crippen molar-refractivity contribution in [1.82, 2.24) is 30.4 Å². The van der Waals surface area contributed by atoms with Gasteiger partial charge < -0.3 is 16.0 Å². The minimum Gasteiger partial charge on any atom is -0.351 e. The smallest absolute Gasteiger partial charge is 0.243 e. The fourth-order valence-corrected chi connectivity index (χ4v) is 5.90. The van der Waals surface area contributed by atoms with Crippen molar-refractivity contribution in [3.8, 4) is 11.3 Å². The molecule has 0 saturated heterocycles. The zero-order valence-corrected chi connectivity index (χ0v) is 21.9. The summed E-state index contributed by atoms with van der Waals surface area (Å²) in [6.45, 7) is 3.54. The molecule has 3 aliphatic rings. The average molecular weight is 512 g/mol. The Morgan fingerprint density at radius 2 is 1.67 bits per heavy atom. The summed E-state index contributed by atoms with van der Waals surface area (Å²) in [5.74, 6) is 1.34. The van der Waals surface area contributed by atoms with Crippen LogP contribution in [0, 0.1) is 5.92 Å². The molecular formula is C27H38ClN7O. The molecule has 2 aromatic rings. The Hall–Kier alpha value is -2.45. The van der Waals surface area contributed by atoms with E-state index in [1.54, 1.807) is 6.20 Å². The number of hydrogen-bond acceptors (Lipinski definition) is 6. The van der Waals surface area contributed by atoms with Crippen LogP contribution < -0.4 is 16.0 Å². The van der Waals surface area contributed by atoms with Crippen molar-refractivity contribution in [3.63, 3.8) is 0 Å². The third kappa shape index (κ3) is 6.27. The highest BCUT2D eigenvalue weighted by Crippen LogP contribution is 2.37. The molecule has 3 fully saturated rings. The fraction of sp³-hybridized carbons (Fsp3) is 0.630. The molecule has 1 amide bonds. The van der Waals surface area contributed by atoms with E-state index in [1.807, 2.05) is 17.9 Å². The van der Waals surface area contributed by atoms with E-state index < -0.39 is 0 Å². The van der Waals surface area contributed by atoms with Gasteiger partial charge in [-0.2, -0.15) is 5.10 Å². The minimum absolute atomic E-state index is 0.0619. The fourth-order valence-electron chi connectivity index (χ4n) is 5.71. The van der Waals surface area contributed by atoms with Crippen molar-refractivity contribution >= 4 is 23.5 Å². The predicted octanol–water partition coefficient (Wildman–Crippen LogP) is 4.41. The lowest BCUT2D eigenvalue weighted by atomic mass is 9.87. The molecule has 8 nitrogen and oxygen atoms in total. The quantitative estimate of drug-likeness (QED) is 0.431. The highest BCUT2D eigenvalue weighted by atomic mass is 35.5. The number of carbonyl (C=O) groups excluding carboxylic acids is 1. The summed E-state index contributed by atoms with van der Waals surface area (Å²) >= 11 is 6.54. The Kier molecular flexibility index (Phi) is 7.91. The second kappa shape index (κ2) is 11.3. The topological polar surface area (TPSA) is 96.8 Å². The van der Waals surface area contributed by atoms with Crippen LogP contribution in [-0.4, -0.2) is 49.8 Å². The van der Waals surface area contributed by atoms with Gasteiger partial charge in [0.1, 0.15) is 0 Å². The molecule has 0 bridgehead atoms. The number of carbonyl (C=O) groups is 1. The van der Waals surface area contributed by atoms with E-state index in [0.29, 0.717) is 29.1 Å². The number of halogens is 1. The van der Waals surface area contributed by atoms with Crippen LogP contribution in [0.15, 0.2) is 25.0 Å². The molecule has 2 aromatic heterocycles. The van der Waals surface area contributed by atoms with Crippen LogP contribution in [0.2, 0.25) is 5.02 Å². The average Bonchev–Trinajstić information content (AvgIpc) is 3.64. The van der Waals surface area contributed by atoms with Crippen molar-refractivity contribution in [2.45, 2.75) is 94.8 Å². The van der Waals surface area contributed by atoms with Gasteiger partial charge in [0.25, 0.3) is 0 Å². The number of nitrogens with one attached hydrogen (secondary N) is 3. The molecule has 3 saturated carbocycles. The van der Waals surface area contributed by atoms with Gasteiger partial charge in [0.2, 0.25) is 11.9 Å². The lowest BCUT2D eigenvalue weighted by Gasteiger charge is -2.35. The maximum absolute atomic E-state index is 11.5. The molecule has 0 radical (unpaired) electrons. The standard InChI is InChI=1S/C27H38ClN7O/c1-3-25(36)32-20-10-6-18(7-11-20)31-19-8-12-21(13-9-19)33-27-29-16-23(28)26(34-27)22-15-30-35(2)24(22)14-17-4-5-17/h3,15-21,31H,1,4-14H2,2H3,(H,32,36)(H,29,33,34)/t18-,19-,20-,21-. The van der Waals surface area contributed by atoms with Gasteiger partial charge in [-0.3, -0.25) is 9.48 Å². The van der Waals surface area contributed by atoms with Gasteiger partial charge in [0.15, 0.2) is 0 Å². The molecule has 0 unspecified atom stereocenters. The van der Waals surface area contributed by atoms with Crippen LogP contribution in [0.25, 0.3) is 11.3 Å². The Labute approximate surface area is 218 Å². The van der Waals surface area contributed by atoms with Gasteiger partial charge in [-0.15, -0.1) is 0 Å². The highest BCUT2D eigenvalue weighted by molar-refractivity contribution is 6.32. The number of amides is 1. The summed E-state index contributed by atoms with van der Waals surface area (Å²) in [6, 6.07) is 1.74. The number of aromatic nitrogens is 4. The molecule has 0 atom stereocenters. The number of anilines is 1. The molecule has 2 heterocycles. The highest BCUT2D eigenvalue weighted by Gasteiger charge is 2.28. The zero-order valence-electron chi connectivity index (χ0n) is 21.2. The van der Waals surface area contributed by atoms with Crippen molar-refractivity contribution in [2.24, 2.45) is 13.0 Å². The first-order valence-corrected chi connectivity index (χ1v) is 13.9. The number of hydrogen-bond donors (Lipinski definition) is 3.